The van der Waals surface area contributed by atoms with Gasteiger partial charge in [-0.3, -0.25) is 0 Å². The van der Waals surface area contributed by atoms with Gasteiger partial charge in [-0.15, -0.1) is 16.8 Å². The molecule has 1 aromatic carbocycles. The fourth-order valence-corrected chi connectivity index (χ4v) is 2.99. The van der Waals surface area contributed by atoms with Gasteiger partial charge in [-0.2, -0.15) is 0 Å². The van der Waals surface area contributed by atoms with E-state index in [-0.39, 0.29) is 0 Å². The first-order valence-electron chi connectivity index (χ1n) is 7.04. The summed E-state index contributed by atoms with van der Waals surface area (Å²) < 4.78 is 2.15. The molecule has 0 saturated heterocycles. The van der Waals surface area contributed by atoms with Crippen molar-refractivity contribution in [2.75, 3.05) is 5.75 Å². The van der Waals surface area contributed by atoms with Crippen molar-refractivity contribution in [3.63, 3.8) is 0 Å². The molecule has 0 amide bonds. The summed E-state index contributed by atoms with van der Waals surface area (Å²) in [5, 5.41) is 9.52. The van der Waals surface area contributed by atoms with Crippen molar-refractivity contribution in [1.29, 1.82) is 0 Å². The maximum absolute atomic E-state index is 4.28. The Hall–Kier alpha value is -1.55. The second-order valence-electron chi connectivity index (χ2n) is 4.59. The van der Waals surface area contributed by atoms with E-state index in [0.717, 1.165) is 42.5 Å². The lowest BCUT2D eigenvalue weighted by Gasteiger charge is -2.06. The molecular weight excluding hydrogens is 266 g/mol. The Kier molecular flexibility index (Phi) is 5.87. The fourth-order valence-electron chi connectivity index (χ4n) is 2.08. The molecule has 2 rings (SSSR count). The van der Waals surface area contributed by atoms with Crippen molar-refractivity contribution in [1.82, 2.24) is 14.8 Å². The van der Waals surface area contributed by atoms with E-state index in [0.29, 0.717) is 0 Å². The number of hydrogen-bond donors (Lipinski definition) is 0. The molecular formula is C16H21N3S. The molecule has 2 aromatic rings. The normalized spacial score (nSPS) is 10.7. The minimum atomic E-state index is 0.789. The Balaban J connectivity index is 1.85. The van der Waals surface area contributed by atoms with E-state index in [2.05, 4.69) is 58.6 Å². The molecule has 0 N–H and O–H groups in total. The SMILES string of the molecule is C=CCn1c(CC)nnc1SCCCc1ccccc1. The minimum absolute atomic E-state index is 0.789. The van der Waals surface area contributed by atoms with Crippen molar-refractivity contribution >= 4 is 11.8 Å². The summed E-state index contributed by atoms with van der Waals surface area (Å²) in [6, 6.07) is 10.6. The number of allylic oxidation sites excluding steroid dienone is 1. The fraction of sp³-hybridized carbons (Fsp3) is 0.375. The highest BCUT2D eigenvalue weighted by atomic mass is 32.2. The lowest BCUT2D eigenvalue weighted by molar-refractivity contribution is 0.685. The Labute approximate surface area is 125 Å². The van der Waals surface area contributed by atoms with Crippen LogP contribution in [0.4, 0.5) is 0 Å². The summed E-state index contributed by atoms with van der Waals surface area (Å²) in [6.45, 7) is 6.70. The molecule has 0 radical (unpaired) electrons. The molecule has 1 aromatic heterocycles. The monoisotopic (exact) mass is 287 g/mol. The zero-order chi connectivity index (χ0) is 14.2. The maximum Gasteiger partial charge on any atom is 0.191 e. The van der Waals surface area contributed by atoms with Crippen LogP contribution in [0.15, 0.2) is 48.1 Å². The molecule has 1 heterocycles. The number of rotatable bonds is 8. The summed E-state index contributed by atoms with van der Waals surface area (Å²) in [5.41, 5.74) is 1.40. The number of benzene rings is 1. The highest BCUT2D eigenvalue weighted by Gasteiger charge is 2.09. The average Bonchev–Trinajstić information content (AvgIpc) is 2.87. The largest absolute Gasteiger partial charge is 0.302 e. The molecule has 0 saturated carbocycles. The van der Waals surface area contributed by atoms with Gasteiger partial charge in [0.15, 0.2) is 5.16 Å². The Morgan fingerprint density at radius 1 is 1.25 bits per heavy atom. The van der Waals surface area contributed by atoms with Crippen LogP contribution in [0, 0.1) is 0 Å². The first kappa shape index (κ1) is 14.9. The van der Waals surface area contributed by atoms with Crippen LogP contribution < -0.4 is 0 Å². The summed E-state index contributed by atoms with van der Waals surface area (Å²) in [6.07, 6.45) is 5.07. The first-order chi connectivity index (χ1) is 9.85. The van der Waals surface area contributed by atoms with Crippen molar-refractivity contribution in [2.45, 2.75) is 37.9 Å². The maximum atomic E-state index is 4.28. The van der Waals surface area contributed by atoms with E-state index in [9.17, 15) is 0 Å². The standard InChI is InChI=1S/C16H21N3S/c1-3-12-19-15(4-2)17-18-16(19)20-13-8-11-14-9-6-5-7-10-14/h3,5-7,9-10H,1,4,8,11-13H2,2H3. The van der Waals surface area contributed by atoms with Gasteiger partial charge in [-0.25, -0.2) is 0 Å². The number of hydrogen-bond acceptors (Lipinski definition) is 3. The quantitative estimate of drug-likeness (QED) is 0.421. The van der Waals surface area contributed by atoms with Crippen molar-refractivity contribution in [3.8, 4) is 0 Å². The van der Waals surface area contributed by atoms with Crippen LogP contribution in [0.25, 0.3) is 0 Å². The van der Waals surface area contributed by atoms with E-state index in [1.54, 1.807) is 11.8 Å². The van der Waals surface area contributed by atoms with E-state index >= 15 is 0 Å². The van der Waals surface area contributed by atoms with Gasteiger partial charge < -0.3 is 4.57 Å². The molecule has 106 valence electrons. The van der Waals surface area contributed by atoms with Crippen molar-refractivity contribution in [3.05, 3.63) is 54.4 Å². The van der Waals surface area contributed by atoms with Crippen LogP contribution in [-0.2, 0) is 19.4 Å². The highest BCUT2D eigenvalue weighted by molar-refractivity contribution is 7.99. The van der Waals surface area contributed by atoms with E-state index in [1.165, 1.54) is 5.56 Å². The molecule has 0 aliphatic rings. The summed E-state index contributed by atoms with van der Waals surface area (Å²) in [4.78, 5) is 0. The molecule has 0 aliphatic heterocycles. The van der Waals surface area contributed by atoms with Gasteiger partial charge in [0.1, 0.15) is 5.82 Å². The molecule has 0 unspecified atom stereocenters. The second-order valence-corrected chi connectivity index (χ2v) is 5.65. The molecule has 0 atom stereocenters. The van der Waals surface area contributed by atoms with E-state index < -0.39 is 0 Å². The molecule has 0 aliphatic carbocycles. The summed E-state index contributed by atoms with van der Waals surface area (Å²) >= 11 is 1.78. The predicted octanol–water partition coefficient (Wildman–Crippen LogP) is 3.75. The molecule has 0 fully saturated rings. The third kappa shape index (κ3) is 3.97. The summed E-state index contributed by atoms with van der Waals surface area (Å²) in [5.74, 6) is 2.10. The molecule has 0 bridgehead atoms. The van der Waals surface area contributed by atoms with Gasteiger partial charge in [0.25, 0.3) is 0 Å². The second kappa shape index (κ2) is 7.90. The topological polar surface area (TPSA) is 30.7 Å². The van der Waals surface area contributed by atoms with Crippen LogP contribution in [-0.4, -0.2) is 20.5 Å². The van der Waals surface area contributed by atoms with Crippen LogP contribution in [0.1, 0.15) is 24.7 Å². The van der Waals surface area contributed by atoms with Gasteiger partial charge in [-0.05, 0) is 18.4 Å². The van der Waals surface area contributed by atoms with Gasteiger partial charge in [0.2, 0.25) is 0 Å². The van der Waals surface area contributed by atoms with Crippen LogP contribution >= 0.6 is 11.8 Å². The molecule has 0 spiro atoms. The number of nitrogens with zero attached hydrogens (tertiary/aromatic N) is 3. The minimum Gasteiger partial charge on any atom is -0.302 e. The molecule has 4 heteroatoms. The zero-order valence-electron chi connectivity index (χ0n) is 12.0. The van der Waals surface area contributed by atoms with Crippen LogP contribution in [0.2, 0.25) is 0 Å². The highest BCUT2D eigenvalue weighted by Crippen LogP contribution is 2.19. The van der Waals surface area contributed by atoms with Gasteiger partial charge in [0, 0.05) is 18.7 Å². The number of aryl methyl sites for hydroxylation is 2. The number of aromatic nitrogens is 3. The Bertz CT molecular complexity index is 534. The molecule has 3 nitrogen and oxygen atoms in total. The summed E-state index contributed by atoms with van der Waals surface area (Å²) in [7, 11) is 0. The Morgan fingerprint density at radius 2 is 2.05 bits per heavy atom. The smallest absolute Gasteiger partial charge is 0.191 e. The third-order valence-corrected chi connectivity index (χ3v) is 4.16. The van der Waals surface area contributed by atoms with Crippen molar-refractivity contribution < 1.29 is 0 Å². The van der Waals surface area contributed by atoms with Crippen LogP contribution in [0.5, 0.6) is 0 Å². The lowest BCUT2D eigenvalue weighted by atomic mass is 10.1. The van der Waals surface area contributed by atoms with E-state index in [4.69, 9.17) is 0 Å². The number of thioether (sulfide) groups is 1. The average molecular weight is 287 g/mol. The Morgan fingerprint density at radius 3 is 2.75 bits per heavy atom. The third-order valence-electron chi connectivity index (χ3n) is 3.11. The molecule has 20 heavy (non-hydrogen) atoms. The van der Waals surface area contributed by atoms with Crippen LogP contribution in [0.3, 0.4) is 0 Å². The lowest BCUT2D eigenvalue weighted by Crippen LogP contribution is -2.03. The van der Waals surface area contributed by atoms with Gasteiger partial charge >= 0.3 is 0 Å². The first-order valence-corrected chi connectivity index (χ1v) is 8.03. The predicted molar refractivity (Wildman–Crippen MR) is 85.1 cm³/mol. The van der Waals surface area contributed by atoms with Gasteiger partial charge in [-0.1, -0.05) is 55.1 Å². The van der Waals surface area contributed by atoms with E-state index in [1.807, 2.05) is 6.08 Å². The van der Waals surface area contributed by atoms with Gasteiger partial charge in [0.05, 0.1) is 0 Å². The van der Waals surface area contributed by atoms with Crippen molar-refractivity contribution in [2.24, 2.45) is 0 Å². The zero-order valence-corrected chi connectivity index (χ0v) is 12.8.